The number of nitrogens with zero attached hydrogens (tertiary/aromatic N) is 5. The van der Waals surface area contributed by atoms with E-state index in [1.807, 2.05) is 0 Å². The fourth-order valence-corrected chi connectivity index (χ4v) is 3.97. The van der Waals surface area contributed by atoms with Gasteiger partial charge in [-0.15, -0.1) is 0 Å². The Morgan fingerprint density at radius 1 is 0.919 bits per heavy atom. The molecule has 13 heteroatoms. The predicted molar refractivity (Wildman–Crippen MR) is 122 cm³/mol. The van der Waals surface area contributed by atoms with Crippen molar-refractivity contribution >= 4 is 34.2 Å². The number of anilines is 2. The number of ether oxygens (including phenoxy) is 3. The van der Waals surface area contributed by atoms with Crippen LogP contribution in [0.2, 0.25) is 0 Å². The molecule has 0 N–H and O–H groups in total. The maximum atomic E-state index is 13.1. The fraction of sp³-hybridized carbons (Fsp3) is 0.125. The number of amides is 3. The zero-order valence-electron chi connectivity index (χ0n) is 18.6. The van der Waals surface area contributed by atoms with Crippen LogP contribution in [-0.2, 0) is 11.0 Å². The summed E-state index contributed by atoms with van der Waals surface area (Å²) in [6, 6.07) is 9.44. The molecule has 0 spiro atoms. The second kappa shape index (κ2) is 8.33. The number of urea groups is 1. The van der Waals surface area contributed by atoms with E-state index < -0.39 is 30.2 Å². The summed E-state index contributed by atoms with van der Waals surface area (Å²) < 4.78 is 55.8. The van der Waals surface area contributed by atoms with E-state index >= 15 is 0 Å². The van der Waals surface area contributed by atoms with Crippen molar-refractivity contribution in [3.8, 4) is 23.1 Å². The van der Waals surface area contributed by atoms with E-state index in [0.717, 1.165) is 22.1 Å². The first kappa shape index (κ1) is 22.5. The average Bonchev–Trinajstić information content (AvgIpc) is 3.46. The number of rotatable bonds is 4. The van der Waals surface area contributed by atoms with Gasteiger partial charge in [0.1, 0.15) is 18.6 Å². The van der Waals surface area contributed by atoms with Gasteiger partial charge < -0.3 is 14.2 Å². The molecule has 2 aromatic heterocycles. The van der Waals surface area contributed by atoms with Crippen molar-refractivity contribution in [2.24, 2.45) is 0 Å². The molecule has 1 saturated heterocycles. The van der Waals surface area contributed by atoms with E-state index in [1.54, 1.807) is 12.1 Å². The number of fused-ring (bicyclic) bond motifs is 2. The molecule has 6 rings (SSSR count). The highest BCUT2D eigenvalue weighted by molar-refractivity contribution is 6.26. The van der Waals surface area contributed by atoms with Gasteiger partial charge in [0, 0.05) is 12.3 Å². The van der Waals surface area contributed by atoms with Crippen LogP contribution >= 0.6 is 0 Å². The first-order valence-electron chi connectivity index (χ1n) is 10.8. The van der Waals surface area contributed by atoms with Gasteiger partial charge in [0.2, 0.25) is 12.7 Å². The molecular weight excluding hydrogens is 495 g/mol. The molecule has 0 bridgehead atoms. The zero-order chi connectivity index (χ0) is 25.7. The molecule has 186 valence electrons. The number of hydrogen-bond donors (Lipinski definition) is 0. The van der Waals surface area contributed by atoms with Crippen LogP contribution in [0.3, 0.4) is 0 Å². The number of benzene rings is 2. The molecule has 4 aromatic rings. The van der Waals surface area contributed by atoms with Gasteiger partial charge >= 0.3 is 12.2 Å². The zero-order valence-corrected chi connectivity index (χ0v) is 18.6. The summed E-state index contributed by atoms with van der Waals surface area (Å²) in [5.41, 5.74) is -0.345. The van der Waals surface area contributed by atoms with E-state index in [2.05, 4.69) is 15.0 Å². The first-order chi connectivity index (χ1) is 17.8. The second-order valence-corrected chi connectivity index (χ2v) is 8.02. The Kier molecular flexibility index (Phi) is 5.07. The van der Waals surface area contributed by atoms with Crippen molar-refractivity contribution in [3.63, 3.8) is 0 Å². The van der Waals surface area contributed by atoms with Crippen LogP contribution < -0.4 is 24.0 Å². The maximum Gasteiger partial charge on any atom is 0.417 e. The molecule has 37 heavy (non-hydrogen) atoms. The molecule has 4 heterocycles. The van der Waals surface area contributed by atoms with Gasteiger partial charge in [0.25, 0.3) is 5.91 Å². The van der Waals surface area contributed by atoms with Crippen LogP contribution in [0.15, 0.2) is 61.2 Å². The predicted octanol–water partition coefficient (Wildman–Crippen LogP) is 4.54. The molecule has 0 unspecified atom stereocenters. The van der Waals surface area contributed by atoms with E-state index in [1.165, 1.54) is 30.6 Å². The van der Waals surface area contributed by atoms with Crippen LogP contribution in [0.1, 0.15) is 5.56 Å². The number of carbonyl (C=O) groups excluding carboxylic acids is 2. The number of carbonyl (C=O) groups is 2. The molecule has 1 fully saturated rings. The van der Waals surface area contributed by atoms with Gasteiger partial charge in [-0.05, 0) is 36.4 Å². The van der Waals surface area contributed by atoms with Gasteiger partial charge in [0.05, 0.1) is 34.0 Å². The minimum Gasteiger partial charge on any atom is -0.454 e. The fourth-order valence-electron chi connectivity index (χ4n) is 3.97. The summed E-state index contributed by atoms with van der Waals surface area (Å²) in [5, 5.41) is 0.589. The third kappa shape index (κ3) is 3.99. The summed E-state index contributed by atoms with van der Waals surface area (Å²) in [7, 11) is 0. The van der Waals surface area contributed by atoms with Crippen LogP contribution in [0.4, 0.5) is 29.3 Å². The van der Waals surface area contributed by atoms with Gasteiger partial charge in [-0.1, -0.05) is 0 Å². The number of alkyl halides is 3. The van der Waals surface area contributed by atoms with Crippen molar-refractivity contribution in [2.45, 2.75) is 6.18 Å². The molecule has 0 aliphatic carbocycles. The molecule has 2 aromatic carbocycles. The number of imide groups is 1. The lowest BCUT2D eigenvalue weighted by atomic mass is 10.2. The van der Waals surface area contributed by atoms with E-state index in [-0.39, 0.29) is 24.0 Å². The lowest BCUT2D eigenvalue weighted by Crippen LogP contribution is -2.33. The number of pyridine rings is 1. The van der Waals surface area contributed by atoms with Crippen LogP contribution in [0.5, 0.6) is 23.1 Å². The topological polar surface area (TPSA) is 107 Å². The Morgan fingerprint density at radius 3 is 2.43 bits per heavy atom. The smallest absolute Gasteiger partial charge is 0.417 e. The average molecular weight is 509 g/mol. The molecule has 0 atom stereocenters. The highest BCUT2D eigenvalue weighted by Gasteiger charge is 2.39. The Hall–Kier alpha value is -4.94. The minimum atomic E-state index is -4.64. The number of halogens is 3. The lowest BCUT2D eigenvalue weighted by Gasteiger charge is -2.18. The van der Waals surface area contributed by atoms with Crippen molar-refractivity contribution < 1.29 is 37.0 Å². The SMILES string of the molecule is O=C1CN(c2cncc(C(F)(F)F)c2)C(=O)N1c1ccc(Oc2ncnc3cc4c(cc23)OCO4)cc1. The standard InChI is InChI=1S/C24H14F3N5O5/c25-24(26,27)13-5-15(9-28-8-13)31-10-21(33)32(23(31)34)14-1-3-16(4-2-14)37-22-17-6-19-20(36-12-35-19)7-18(17)29-11-30-22/h1-9,11H,10,12H2. The molecule has 2 aliphatic rings. The van der Waals surface area contributed by atoms with Gasteiger partial charge in [-0.25, -0.2) is 19.7 Å². The van der Waals surface area contributed by atoms with E-state index in [9.17, 15) is 22.8 Å². The Morgan fingerprint density at radius 2 is 1.68 bits per heavy atom. The first-order valence-corrected chi connectivity index (χ1v) is 10.8. The van der Waals surface area contributed by atoms with Crippen molar-refractivity contribution in [3.05, 3.63) is 66.7 Å². The van der Waals surface area contributed by atoms with Crippen molar-refractivity contribution in [1.29, 1.82) is 0 Å². The Bertz CT molecular complexity index is 1560. The summed E-state index contributed by atoms with van der Waals surface area (Å²) in [6.45, 7) is -0.324. The van der Waals surface area contributed by atoms with Crippen molar-refractivity contribution in [2.75, 3.05) is 23.1 Å². The summed E-state index contributed by atoms with van der Waals surface area (Å²) in [5.74, 6) is 1.12. The quantitative estimate of drug-likeness (QED) is 0.369. The Balaban J connectivity index is 1.23. The normalized spacial score (nSPS) is 15.1. The molecule has 0 saturated carbocycles. The number of aromatic nitrogens is 3. The highest BCUT2D eigenvalue weighted by Crippen LogP contribution is 2.39. The third-order valence-electron chi connectivity index (χ3n) is 5.73. The van der Waals surface area contributed by atoms with Crippen LogP contribution in [0.25, 0.3) is 10.9 Å². The third-order valence-corrected chi connectivity index (χ3v) is 5.73. The number of hydrogen-bond acceptors (Lipinski definition) is 8. The highest BCUT2D eigenvalue weighted by atomic mass is 19.4. The second-order valence-electron chi connectivity index (χ2n) is 8.02. The van der Waals surface area contributed by atoms with Gasteiger partial charge in [-0.3, -0.25) is 14.7 Å². The molecule has 10 nitrogen and oxygen atoms in total. The monoisotopic (exact) mass is 509 g/mol. The van der Waals surface area contributed by atoms with Gasteiger partial charge in [0.15, 0.2) is 11.5 Å². The molecular formula is C24H14F3N5O5. The molecule has 3 amide bonds. The van der Waals surface area contributed by atoms with E-state index in [0.29, 0.717) is 34.3 Å². The lowest BCUT2D eigenvalue weighted by molar-refractivity contribution is -0.137. The van der Waals surface area contributed by atoms with Crippen LogP contribution in [0, 0.1) is 0 Å². The summed E-state index contributed by atoms with van der Waals surface area (Å²) in [6.07, 6.45) is -1.55. The summed E-state index contributed by atoms with van der Waals surface area (Å²) in [4.78, 5) is 39.3. The molecule has 0 radical (unpaired) electrons. The maximum absolute atomic E-state index is 13.1. The summed E-state index contributed by atoms with van der Waals surface area (Å²) >= 11 is 0. The Labute approximate surface area is 205 Å². The molecule has 2 aliphatic heterocycles. The minimum absolute atomic E-state index is 0.104. The largest absolute Gasteiger partial charge is 0.454 e. The van der Waals surface area contributed by atoms with E-state index in [4.69, 9.17) is 14.2 Å². The van der Waals surface area contributed by atoms with Gasteiger partial charge in [-0.2, -0.15) is 13.2 Å². The van der Waals surface area contributed by atoms with Crippen molar-refractivity contribution in [1.82, 2.24) is 15.0 Å². The van der Waals surface area contributed by atoms with Crippen LogP contribution in [-0.4, -0.2) is 40.2 Å².